The lowest BCUT2D eigenvalue weighted by atomic mass is 10.1. The predicted molar refractivity (Wildman–Crippen MR) is 94.8 cm³/mol. The van der Waals surface area contributed by atoms with E-state index in [0.717, 1.165) is 10.2 Å². The molecule has 0 radical (unpaired) electrons. The van der Waals surface area contributed by atoms with E-state index in [9.17, 15) is 9.59 Å². The van der Waals surface area contributed by atoms with Gasteiger partial charge in [0.25, 0.3) is 5.56 Å². The number of nitrogens with zero attached hydrogens (tertiary/aromatic N) is 2. The summed E-state index contributed by atoms with van der Waals surface area (Å²) in [5.74, 6) is 0.909. The van der Waals surface area contributed by atoms with Crippen molar-refractivity contribution in [2.24, 2.45) is 0 Å². The van der Waals surface area contributed by atoms with Gasteiger partial charge in [-0.05, 0) is 24.1 Å². The smallest absolute Gasteiger partial charge is 0.287 e. The van der Waals surface area contributed by atoms with Crippen molar-refractivity contribution < 1.29 is 14.3 Å². The minimum absolute atomic E-state index is 0.0526. The molecule has 0 aliphatic heterocycles. The Morgan fingerprint density at radius 3 is 2.64 bits per heavy atom. The Balaban J connectivity index is 1.91. The second-order valence-corrected chi connectivity index (χ2v) is 5.84. The summed E-state index contributed by atoms with van der Waals surface area (Å²) in [7, 11) is 3.13. The maximum atomic E-state index is 11.9. The molecule has 2 aromatic rings. The number of aromatic nitrogens is 2. The third-order valence-corrected chi connectivity index (χ3v) is 4.17. The highest BCUT2D eigenvalue weighted by Gasteiger charge is 2.11. The van der Waals surface area contributed by atoms with Crippen LogP contribution in [0, 0.1) is 0 Å². The molecule has 0 aliphatic rings. The maximum Gasteiger partial charge on any atom is 0.287 e. The number of hydrogen-bond acceptors (Lipinski definition) is 5. The largest absolute Gasteiger partial charge is 0.493 e. The predicted octanol–water partition coefficient (Wildman–Crippen LogP) is 1.93. The summed E-state index contributed by atoms with van der Waals surface area (Å²) in [6.45, 7) is 0.159. The van der Waals surface area contributed by atoms with Gasteiger partial charge < -0.3 is 14.8 Å². The molecule has 0 saturated carbocycles. The standard InChI is InChI=1S/C16H17Cl2N3O4/c1-24-12-4-3-10(7-13(12)25-2)5-6-19-14(22)9-21-16(23)15(18)11(17)8-20-21/h3-4,7-8H,5-6,9H2,1-2H3,(H,19,22). The Morgan fingerprint density at radius 2 is 1.96 bits per heavy atom. The van der Waals surface area contributed by atoms with E-state index in [1.165, 1.54) is 6.20 Å². The number of rotatable bonds is 7. The molecule has 0 atom stereocenters. The van der Waals surface area contributed by atoms with Gasteiger partial charge in [0.1, 0.15) is 11.6 Å². The molecule has 7 nitrogen and oxygen atoms in total. The number of benzene rings is 1. The molecule has 0 saturated heterocycles. The Labute approximate surface area is 154 Å². The number of nitrogens with one attached hydrogen (secondary N) is 1. The van der Waals surface area contributed by atoms with Crippen molar-refractivity contribution in [3.05, 3.63) is 50.4 Å². The number of ether oxygens (including phenoxy) is 2. The first-order valence-corrected chi connectivity index (χ1v) is 8.10. The van der Waals surface area contributed by atoms with Crippen LogP contribution in [0.15, 0.2) is 29.2 Å². The van der Waals surface area contributed by atoms with Crippen LogP contribution in [0.1, 0.15) is 5.56 Å². The lowest BCUT2D eigenvalue weighted by Crippen LogP contribution is -2.34. The molecule has 1 heterocycles. The number of halogens is 2. The lowest BCUT2D eigenvalue weighted by Gasteiger charge is -2.10. The van der Waals surface area contributed by atoms with Crippen LogP contribution in [-0.2, 0) is 17.8 Å². The van der Waals surface area contributed by atoms with Crippen LogP contribution in [0.4, 0.5) is 0 Å². The summed E-state index contributed by atoms with van der Waals surface area (Å²) in [6, 6.07) is 5.53. The molecule has 0 aliphatic carbocycles. The second-order valence-electron chi connectivity index (χ2n) is 5.06. The summed E-state index contributed by atoms with van der Waals surface area (Å²) in [5.41, 5.74) is 0.368. The van der Waals surface area contributed by atoms with Gasteiger partial charge in [-0.3, -0.25) is 9.59 Å². The summed E-state index contributed by atoms with van der Waals surface area (Å²) < 4.78 is 11.4. The number of carbonyl (C=O) groups excluding carboxylic acids is 1. The van der Waals surface area contributed by atoms with E-state index < -0.39 is 5.56 Å². The molecule has 0 spiro atoms. The van der Waals surface area contributed by atoms with Crippen molar-refractivity contribution in [1.82, 2.24) is 15.1 Å². The van der Waals surface area contributed by atoms with Gasteiger partial charge in [0.05, 0.1) is 25.4 Å². The van der Waals surface area contributed by atoms with Crippen LogP contribution in [0.3, 0.4) is 0 Å². The number of carbonyl (C=O) groups is 1. The molecule has 0 fully saturated rings. The first kappa shape index (κ1) is 19.1. The first-order valence-electron chi connectivity index (χ1n) is 7.35. The van der Waals surface area contributed by atoms with Gasteiger partial charge in [0.15, 0.2) is 11.5 Å². The molecule has 1 N–H and O–H groups in total. The molecule has 0 unspecified atom stereocenters. The van der Waals surface area contributed by atoms with E-state index in [4.69, 9.17) is 32.7 Å². The SMILES string of the molecule is COc1ccc(CCNC(=O)Cn2ncc(Cl)c(Cl)c2=O)cc1OC. The van der Waals surface area contributed by atoms with Gasteiger partial charge in [0, 0.05) is 6.54 Å². The fourth-order valence-corrected chi connectivity index (χ4v) is 2.40. The molecular formula is C16H17Cl2N3O4. The Morgan fingerprint density at radius 1 is 1.24 bits per heavy atom. The van der Waals surface area contributed by atoms with Crippen LogP contribution in [0.25, 0.3) is 0 Å². The number of amides is 1. The highest BCUT2D eigenvalue weighted by Crippen LogP contribution is 2.27. The minimum Gasteiger partial charge on any atom is -0.493 e. The molecule has 1 aromatic heterocycles. The highest BCUT2D eigenvalue weighted by atomic mass is 35.5. The van der Waals surface area contributed by atoms with Crippen molar-refractivity contribution >= 4 is 29.1 Å². The lowest BCUT2D eigenvalue weighted by molar-refractivity contribution is -0.121. The van der Waals surface area contributed by atoms with E-state index >= 15 is 0 Å². The molecular weight excluding hydrogens is 369 g/mol. The Hall–Kier alpha value is -2.25. The average Bonchev–Trinajstić information content (AvgIpc) is 2.62. The van der Waals surface area contributed by atoms with Crippen LogP contribution in [0.5, 0.6) is 11.5 Å². The fourth-order valence-electron chi connectivity index (χ4n) is 2.13. The molecule has 9 heteroatoms. The zero-order valence-electron chi connectivity index (χ0n) is 13.7. The van der Waals surface area contributed by atoms with Crippen LogP contribution >= 0.6 is 23.2 Å². The highest BCUT2D eigenvalue weighted by molar-refractivity contribution is 6.41. The molecule has 1 amide bonds. The van der Waals surface area contributed by atoms with E-state index in [-0.39, 0.29) is 22.5 Å². The van der Waals surface area contributed by atoms with Gasteiger partial charge >= 0.3 is 0 Å². The molecule has 2 rings (SSSR count). The Bertz CT molecular complexity index is 824. The number of methoxy groups -OCH3 is 2. The summed E-state index contributed by atoms with van der Waals surface area (Å²) in [5, 5.41) is 6.40. The average molecular weight is 386 g/mol. The summed E-state index contributed by atoms with van der Waals surface area (Å²) in [6.07, 6.45) is 1.82. The van der Waals surface area contributed by atoms with Gasteiger partial charge in [-0.15, -0.1) is 0 Å². The van der Waals surface area contributed by atoms with E-state index in [0.29, 0.717) is 24.5 Å². The van der Waals surface area contributed by atoms with Gasteiger partial charge in [-0.25, -0.2) is 4.68 Å². The normalized spacial score (nSPS) is 10.4. The molecule has 25 heavy (non-hydrogen) atoms. The maximum absolute atomic E-state index is 11.9. The monoisotopic (exact) mass is 385 g/mol. The number of hydrogen-bond donors (Lipinski definition) is 1. The minimum atomic E-state index is -0.607. The third-order valence-electron chi connectivity index (χ3n) is 3.42. The fraction of sp³-hybridized carbons (Fsp3) is 0.312. The van der Waals surface area contributed by atoms with E-state index in [2.05, 4.69) is 10.4 Å². The van der Waals surface area contributed by atoms with Crippen molar-refractivity contribution in [2.45, 2.75) is 13.0 Å². The van der Waals surface area contributed by atoms with Crippen LogP contribution in [0.2, 0.25) is 10.0 Å². The summed E-state index contributed by atoms with van der Waals surface area (Å²) in [4.78, 5) is 23.8. The van der Waals surface area contributed by atoms with Crippen molar-refractivity contribution in [2.75, 3.05) is 20.8 Å². The van der Waals surface area contributed by atoms with Gasteiger partial charge in [-0.1, -0.05) is 29.3 Å². The van der Waals surface area contributed by atoms with E-state index in [1.54, 1.807) is 20.3 Å². The third kappa shape index (κ3) is 4.87. The Kier molecular flexibility index (Phi) is 6.66. The molecule has 0 bridgehead atoms. The van der Waals surface area contributed by atoms with Crippen LogP contribution in [-0.4, -0.2) is 36.5 Å². The van der Waals surface area contributed by atoms with Crippen molar-refractivity contribution in [3.63, 3.8) is 0 Å². The van der Waals surface area contributed by atoms with Crippen molar-refractivity contribution in [1.29, 1.82) is 0 Å². The van der Waals surface area contributed by atoms with E-state index in [1.807, 2.05) is 12.1 Å². The molecule has 134 valence electrons. The quantitative estimate of drug-likeness (QED) is 0.787. The summed E-state index contributed by atoms with van der Waals surface area (Å²) >= 11 is 11.4. The van der Waals surface area contributed by atoms with Crippen molar-refractivity contribution in [3.8, 4) is 11.5 Å². The second kappa shape index (κ2) is 8.73. The zero-order valence-corrected chi connectivity index (χ0v) is 15.2. The van der Waals surface area contributed by atoms with Gasteiger partial charge in [0.2, 0.25) is 5.91 Å². The van der Waals surface area contributed by atoms with Gasteiger partial charge in [-0.2, -0.15) is 5.10 Å². The first-order chi connectivity index (χ1) is 12.0. The molecule has 1 aromatic carbocycles. The topological polar surface area (TPSA) is 82.5 Å². The van der Waals surface area contributed by atoms with Crippen LogP contribution < -0.4 is 20.3 Å². The zero-order chi connectivity index (χ0) is 18.4.